The molecule has 6 heteroatoms. The van der Waals surface area contributed by atoms with Crippen LogP contribution < -0.4 is 4.90 Å². The largest absolute Gasteiger partial charge is 0.368 e. The smallest absolute Gasteiger partial charge is 0.254 e. The van der Waals surface area contributed by atoms with E-state index in [-0.39, 0.29) is 11.7 Å². The number of rotatable bonds is 3. The van der Waals surface area contributed by atoms with E-state index in [9.17, 15) is 9.18 Å². The Hall–Kier alpha value is -3.67. The van der Waals surface area contributed by atoms with Crippen molar-refractivity contribution >= 4 is 22.5 Å². The minimum absolute atomic E-state index is 0.00114. The van der Waals surface area contributed by atoms with Gasteiger partial charge in [-0.05, 0) is 73.5 Å². The molecule has 5 nitrogen and oxygen atoms in total. The molecule has 1 aliphatic heterocycles. The van der Waals surface area contributed by atoms with Gasteiger partial charge in [-0.25, -0.2) is 4.39 Å². The zero-order chi connectivity index (χ0) is 22.2. The molecule has 1 saturated heterocycles. The van der Waals surface area contributed by atoms with Crippen molar-refractivity contribution in [1.82, 2.24) is 10.1 Å². The third kappa shape index (κ3) is 3.62. The number of hydrogen-bond acceptors (Lipinski definition) is 4. The number of amides is 1. The van der Waals surface area contributed by atoms with Gasteiger partial charge in [-0.1, -0.05) is 17.3 Å². The van der Waals surface area contributed by atoms with Crippen molar-refractivity contribution in [1.29, 1.82) is 0 Å². The minimum atomic E-state index is -0.312. The molecule has 0 saturated carbocycles. The maximum Gasteiger partial charge on any atom is 0.254 e. The van der Waals surface area contributed by atoms with E-state index in [1.54, 1.807) is 24.3 Å². The van der Waals surface area contributed by atoms with Gasteiger partial charge in [-0.15, -0.1) is 0 Å². The lowest BCUT2D eigenvalue weighted by Gasteiger charge is -2.37. The van der Waals surface area contributed by atoms with E-state index in [4.69, 9.17) is 4.52 Å². The van der Waals surface area contributed by atoms with E-state index in [0.717, 1.165) is 24.0 Å². The first kappa shape index (κ1) is 20.2. The van der Waals surface area contributed by atoms with Crippen LogP contribution in [0.15, 0.2) is 65.2 Å². The lowest BCUT2D eigenvalue weighted by Crippen LogP contribution is -2.49. The summed E-state index contributed by atoms with van der Waals surface area (Å²) in [4.78, 5) is 17.5. The summed E-state index contributed by atoms with van der Waals surface area (Å²) in [6.07, 6.45) is 0. The Labute approximate surface area is 186 Å². The Morgan fingerprint density at radius 3 is 2.47 bits per heavy atom. The van der Waals surface area contributed by atoms with E-state index in [1.807, 2.05) is 11.0 Å². The van der Waals surface area contributed by atoms with Crippen molar-refractivity contribution in [3.63, 3.8) is 0 Å². The molecule has 4 aromatic rings. The Kier molecular flexibility index (Phi) is 5.13. The molecule has 0 spiro atoms. The van der Waals surface area contributed by atoms with Crippen LogP contribution in [0.1, 0.15) is 21.5 Å². The molecule has 1 amide bonds. The number of anilines is 1. The molecule has 0 aliphatic carbocycles. The fourth-order valence-corrected chi connectivity index (χ4v) is 4.30. The molecular weight excluding hydrogens is 405 g/mol. The fraction of sp³-hybridized carbons (Fsp3) is 0.231. The number of aromatic nitrogens is 1. The highest BCUT2D eigenvalue weighted by atomic mass is 19.1. The van der Waals surface area contributed by atoms with Crippen LogP contribution in [0.4, 0.5) is 10.1 Å². The van der Waals surface area contributed by atoms with Gasteiger partial charge in [-0.2, -0.15) is 0 Å². The van der Waals surface area contributed by atoms with Gasteiger partial charge in [0.15, 0.2) is 5.76 Å². The highest BCUT2D eigenvalue weighted by molar-refractivity contribution is 6.01. The summed E-state index contributed by atoms with van der Waals surface area (Å²) in [5.41, 5.74) is 5.80. The molecule has 1 aliphatic rings. The molecular formula is C26H24FN3O2. The molecule has 3 aromatic carbocycles. The quantitative estimate of drug-likeness (QED) is 0.448. The van der Waals surface area contributed by atoms with E-state index >= 15 is 0 Å². The fourth-order valence-electron chi connectivity index (χ4n) is 4.30. The van der Waals surface area contributed by atoms with Gasteiger partial charge >= 0.3 is 0 Å². The van der Waals surface area contributed by atoms with Gasteiger partial charge in [0.1, 0.15) is 11.3 Å². The van der Waals surface area contributed by atoms with Crippen LogP contribution in [0, 0.1) is 19.7 Å². The zero-order valence-electron chi connectivity index (χ0n) is 18.1. The maximum absolute atomic E-state index is 13.3. The SMILES string of the molecule is Cc1cccc(N2CCN(C(=O)c3ccc4noc(-c5ccc(F)cc5)c4c3)CC2)c1C. The molecule has 32 heavy (non-hydrogen) atoms. The summed E-state index contributed by atoms with van der Waals surface area (Å²) in [6.45, 7) is 7.20. The number of fused-ring (bicyclic) bond motifs is 1. The summed E-state index contributed by atoms with van der Waals surface area (Å²) in [5.74, 6) is 0.224. The average molecular weight is 429 g/mol. The Morgan fingerprint density at radius 2 is 1.72 bits per heavy atom. The van der Waals surface area contributed by atoms with Crippen molar-refractivity contribution < 1.29 is 13.7 Å². The Bertz CT molecular complexity index is 1290. The number of piperazine rings is 1. The van der Waals surface area contributed by atoms with Crippen molar-refractivity contribution in [3.8, 4) is 11.3 Å². The van der Waals surface area contributed by atoms with Crippen LogP contribution in [-0.2, 0) is 0 Å². The number of benzene rings is 3. The monoisotopic (exact) mass is 429 g/mol. The lowest BCUT2D eigenvalue weighted by atomic mass is 10.0. The van der Waals surface area contributed by atoms with E-state index < -0.39 is 0 Å². The van der Waals surface area contributed by atoms with Crippen LogP contribution in [0.25, 0.3) is 22.2 Å². The molecule has 162 valence electrons. The molecule has 0 bridgehead atoms. The number of carbonyl (C=O) groups is 1. The van der Waals surface area contributed by atoms with Crippen molar-refractivity contribution in [2.24, 2.45) is 0 Å². The molecule has 0 unspecified atom stereocenters. The molecule has 1 aromatic heterocycles. The van der Waals surface area contributed by atoms with Gasteiger partial charge < -0.3 is 14.3 Å². The number of halogens is 1. The van der Waals surface area contributed by atoms with E-state index in [0.29, 0.717) is 29.9 Å². The standard InChI is InChI=1S/C26H24FN3O2/c1-17-4-3-5-24(18(17)2)29-12-14-30(15-13-29)26(31)20-8-11-23-22(16-20)25(32-28-23)19-6-9-21(27)10-7-19/h3-11,16H,12-15H2,1-2H3. The second kappa shape index (κ2) is 8.11. The van der Waals surface area contributed by atoms with Crippen LogP contribution in [0.3, 0.4) is 0 Å². The lowest BCUT2D eigenvalue weighted by molar-refractivity contribution is 0.0747. The highest BCUT2D eigenvalue weighted by Crippen LogP contribution is 2.30. The summed E-state index contributed by atoms with van der Waals surface area (Å²) in [5, 5.41) is 4.84. The van der Waals surface area contributed by atoms with E-state index in [2.05, 4.69) is 42.1 Å². The summed E-state index contributed by atoms with van der Waals surface area (Å²) >= 11 is 0. The van der Waals surface area contributed by atoms with Crippen LogP contribution in [0.5, 0.6) is 0 Å². The molecule has 0 atom stereocenters. The van der Waals surface area contributed by atoms with Gasteiger partial charge in [0.05, 0.1) is 5.39 Å². The predicted molar refractivity (Wildman–Crippen MR) is 123 cm³/mol. The van der Waals surface area contributed by atoms with Gasteiger partial charge in [0, 0.05) is 43.0 Å². The topological polar surface area (TPSA) is 49.6 Å². The number of hydrogen-bond donors (Lipinski definition) is 0. The van der Waals surface area contributed by atoms with Crippen molar-refractivity contribution in [2.45, 2.75) is 13.8 Å². The second-order valence-corrected chi connectivity index (χ2v) is 8.25. The van der Waals surface area contributed by atoms with Gasteiger partial charge in [-0.3, -0.25) is 4.79 Å². The van der Waals surface area contributed by atoms with Gasteiger partial charge in [0.2, 0.25) is 0 Å². The first-order chi connectivity index (χ1) is 15.5. The van der Waals surface area contributed by atoms with Gasteiger partial charge in [0.25, 0.3) is 5.91 Å². The first-order valence-corrected chi connectivity index (χ1v) is 10.8. The average Bonchev–Trinajstić information content (AvgIpc) is 3.24. The number of aryl methyl sites for hydroxylation is 1. The molecule has 1 fully saturated rings. The third-order valence-corrected chi connectivity index (χ3v) is 6.31. The molecule has 5 rings (SSSR count). The Balaban J connectivity index is 1.36. The first-order valence-electron chi connectivity index (χ1n) is 10.8. The van der Waals surface area contributed by atoms with E-state index in [1.165, 1.54) is 28.9 Å². The minimum Gasteiger partial charge on any atom is -0.368 e. The number of nitrogens with zero attached hydrogens (tertiary/aromatic N) is 3. The summed E-state index contributed by atoms with van der Waals surface area (Å²) in [6, 6.07) is 17.8. The molecule has 0 radical (unpaired) electrons. The van der Waals surface area contributed by atoms with Crippen molar-refractivity contribution in [2.75, 3.05) is 31.1 Å². The van der Waals surface area contributed by atoms with Crippen molar-refractivity contribution in [3.05, 3.63) is 83.2 Å². The summed E-state index contributed by atoms with van der Waals surface area (Å²) < 4.78 is 18.8. The number of carbonyl (C=O) groups excluding carboxylic acids is 1. The molecule has 0 N–H and O–H groups in total. The maximum atomic E-state index is 13.3. The zero-order valence-corrected chi connectivity index (χ0v) is 18.1. The third-order valence-electron chi connectivity index (χ3n) is 6.31. The Morgan fingerprint density at radius 1 is 0.969 bits per heavy atom. The second-order valence-electron chi connectivity index (χ2n) is 8.25. The predicted octanol–water partition coefficient (Wildman–Crippen LogP) is 5.21. The summed E-state index contributed by atoms with van der Waals surface area (Å²) in [7, 11) is 0. The highest BCUT2D eigenvalue weighted by Gasteiger charge is 2.24. The van der Waals surface area contributed by atoms with Crippen LogP contribution in [-0.4, -0.2) is 42.1 Å². The normalized spacial score (nSPS) is 14.2. The van der Waals surface area contributed by atoms with Crippen LogP contribution in [0.2, 0.25) is 0 Å². The van der Waals surface area contributed by atoms with Crippen LogP contribution >= 0.6 is 0 Å². The molecule has 2 heterocycles.